The third-order valence-electron chi connectivity index (χ3n) is 2.32. The molecule has 2 rings (SSSR count). The molecule has 1 unspecified atom stereocenters. The third-order valence-corrected chi connectivity index (χ3v) is 2.32. The van der Waals surface area contributed by atoms with E-state index in [1.165, 1.54) is 30.5 Å². The van der Waals surface area contributed by atoms with Crippen molar-refractivity contribution in [2.45, 2.75) is 6.04 Å². The minimum atomic E-state index is -0.887. The molecular weight excluding hydrogens is 210 g/mol. The summed E-state index contributed by atoms with van der Waals surface area (Å²) in [6.45, 7) is 0. The molecule has 0 saturated heterocycles. The number of rotatable bonds is 2. The van der Waals surface area contributed by atoms with Gasteiger partial charge in [0.1, 0.15) is 11.6 Å². The Morgan fingerprint density at radius 2 is 1.69 bits per heavy atom. The summed E-state index contributed by atoms with van der Waals surface area (Å²) >= 11 is 0. The minimum absolute atomic E-state index is 0.0487. The molecule has 0 amide bonds. The highest BCUT2D eigenvalue weighted by atomic mass is 19.1. The molecule has 0 spiro atoms. The van der Waals surface area contributed by atoms with Crippen LogP contribution in [0.15, 0.2) is 42.6 Å². The fourth-order valence-corrected chi connectivity index (χ4v) is 1.50. The van der Waals surface area contributed by atoms with Crippen LogP contribution in [0.4, 0.5) is 8.78 Å². The van der Waals surface area contributed by atoms with Gasteiger partial charge in [0, 0.05) is 11.8 Å². The van der Waals surface area contributed by atoms with Crippen LogP contribution in [0.5, 0.6) is 0 Å². The first-order valence-electron chi connectivity index (χ1n) is 4.80. The molecule has 0 bridgehead atoms. The fraction of sp³-hybridized carbons (Fsp3) is 0.0833. The molecule has 2 N–H and O–H groups in total. The van der Waals surface area contributed by atoms with Gasteiger partial charge in [-0.1, -0.05) is 18.2 Å². The Labute approximate surface area is 91.7 Å². The lowest BCUT2D eigenvalue weighted by Crippen LogP contribution is -2.16. The standard InChI is InChI=1S/C12H10F2N2/c13-9-5-2-1-4-8(9)11(15)12-10(14)6-3-7-16-12/h1-7,11H,15H2. The summed E-state index contributed by atoms with van der Waals surface area (Å²) in [6, 6.07) is 7.85. The van der Waals surface area contributed by atoms with Gasteiger partial charge in [0.25, 0.3) is 0 Å². The molecule has 1 heterocycles. The number of aromatic nitrogens is 1. The lowest BCUT2D eigenvalue weighted by molar-refractivity contribution is 0.565. The van der Waals surface area contributed by atoms with Crippen molar-refractivity contribution >= 4 is 0 Å². The molecule has 1 atom stereocenters. The molecule has 16 heavy (non-hydrogen) atoms. The van der Waals surface area contributed by atoms with E-state index in [0.717, 1.165) is 0 Å². The van der Waals surface area contributed by atoms with Crippen LogP contribution in [0.1, 0.15) is 17.3 Å². The first-order chi connectivity index (χ1) is 7.70. The van der Waals surface area contributed by atoms with Gasteiger partial charge in [-0.25, -0.2) is 8.78 Å². The van der Waals surface area contributed by atoms with Crippen molar-refractivity contribution in [2.75, 3.05) is 0 Å². The van der Waals surface area contributed by atoms with E-state index in [9.17, 15) is 8.78 Å². The lowest BCUT2D eigenvalue weighted by Gasteiger charge is -2.12. The largest absolute Gasteiger partial charge is 0.319 e. The van der Waals surface area contributed by atoms with Crippen LogP contribution < -0.4 is 5.73 Å². The summed E-state index contributed by atoms with van der Waals surface area (Å²) in [4.78, 5) is 3.83. The molecule has 0 fully saturated rings. The number of hydrogen-bond acceptors (Lipinski definition) is 2. The fourth-order valence-electron chi connectivity index (χ4n) is 1.50. The van der Waals surface area contributed by atoms with Crippen molar-refractivity contribution in [1.29, 1.82) is 0 Å². The Bertz CT molecular complexity index is 454. The lowest BCUT2D eigenvalue weighted by atomic mass is 10.0. The predicted octanol–water partition coefficient (Wildman–Crippen LogP) is 2.41. The number of pyridine rings is 1. The second-order valence-corrected chi connectivity index (χ2v) is 3.37. The van der Waals surface area contributed by atoms with E-state index in [-0.39, 0.29) is 11.3 Å². The van der Waals surface area contributed by atoms with Gasteiger partial charge in [-0.2, -0.15) is 0 Å². The molecule has 0 saturated carbocycles. The van der Waals surface area contributed by atoms with Crippen molar-refractivity contribution < 1.29 is 8.78 Å². The number of hydrogen-bond donors (Lipinski definition) is 1. The van der Waals surface area contributed by atoms with Gasteiger partial charge in [-0.15, -0.1) is 0 Å². The van der Waals surface area contributed by atoms with E-state index < -0.39 is 17.7 Å². The van der Waals surface area contributed by atoms with Gasteiger partial charge < -0.3 is 5.73 Å². The normalized spacial score (nSPS) is 12.4. The second-order valence-electron chi connectivity index (χ2n) is 3.37. The van der Waals surface area contributed by atoms with E-state index >= 15 is 0 Å². The van der Waals surface area contributed by atoms with Crippen molar-refractivity contribution in [3.05, 3.63) is 65.5 Å². The first-order valence-corrected chi connectivity index (χ1v) is 4.80. The van der Waals surface area contributed by atoms with Crippen LogP contribution in [0.2, 0.25) is 0 Å². The summed E-state index contributed by atoms with van der Waals surface area (Å²) in [7, 11) is 0. The number of nitrogens with two attached hydrogens (primary N) is 1. The zero-order chi connectivity index (χ0) is 11.5. The molecule has 2 aromatic rings. The SMILES string of the molecule is NC(c1ccccc1F)c1ncccc1F. The van der Waals surface area contributed by atoms with Crippen LogP contribution in [0.25, 0.3) is 0 Å². The number of nitrogens with zero attached hydrogens (tertiary/aromatic N) is 1. The van der Waals surface area contributed by atoms with E-state index in [2.05, 4.69) is 4.98 Å². The molecule has 82 valence electrons. The summed E-state index contributed by atoms with van der Waals surface area (Å²) < 4.78 is 26.8. The van der Waals surface area contributed by atoms with Crippen LogP contribution in [-0.2, 0) is 0 Å². The Morgan fingerprint density at radius 1 is 1.00 bits per heavy atom. The molecule has 0 aliphatic carbocycles. The average Bonchev–Trinajstić information content (AvgIpc) is 2.29. The van der Waals surface area contributed by atoms with Crippen LogP contribution >= 0.6 is 0 Å². The van der Waals surface area contributed by atoms with Crippen LogP contribution in [-0.4, -0.2) is 4.98 Å². The first kappa shape index (κ1) is 10.7. The minimum Gasteiger partial charge on any atom is -0.319 e. The van der Waals surface area contributed by atoms with E-state index in [1.807, 2.05) is 0 Å². The maximum Gasteiger partial charge on any atom is 0.146 e. The van der Waals surface area contributed by atoms with Crippen molar-refractivity contribution in [1.82, 2.24) is 4.98 Å². The van der Waals surface area contributed by atoms with Gasteiger partial charge in [-0.05, 0) is 18.2 Å². The molecule has 0 radical (unpaired) electrons. The van der Waals surface area contributed by atoms with E-state index in [0.29, 0.717) is 0 Å². The van der Waals surface area contributed by atoms with Crippen LogP contribution in [0, 0.1) is 11.6 Å². The topological polar surface area (TPSA) is 38.9 Å². The molecule has 4 heteroatoms. The number of halogens is 2. The zero-order valence-electron chi connectivity index (χ0n) is 8.40. The van der Waals surface area contributed by atoms with Gasteiger partial charge in [-0.3, -0.25) is 4.98 Å². The molecule has 1 aromatic heterocycles. The quantitative estimate of drug-likeness (QED) is 0.844. The number of benzene rings is 1. The maximum absolute atomic E-state index is 13.4. The third kappa shape index (κ3) is 1.92. The monoisotopic (exact) mass is 220 g/mol. The second kappa shape index (κ2) is 4.37. The Hall–Kier alpha value is -1.81. The molecular formula is C12H10F2N2. The highest BCUT2D eigenvalue weighted by Crippen LogP contribution is 2.21. The van der Waals surface area contributed by atoms with Gasteiger partial charge in [0.05, 0.1) is 11.7 Å². The van der Waals surface area contributed by atoms with E-state index in [1.54, 1.807) is 12.1 Å². The summed E-state index contributed by atoms with van der Waals surface area (Å²) in [5, 5.41) is 0. The zero-order valence-corrected chi connectivity index (χ0v) is 8.40. The highest BCUT2D eigenvalue weighted by Gasteiger charge is 2.17. The van der Waals surface area contributed by atoms with Crippen molar-refractivity contribution in [3.63, 3.8) is 0 Å². The molecule has 1 aromatic carbocycles. The molecule has 0 aliphatic heterocycles. The Kier molecular flexibility index (Phi) is 2.92. The summed E-state index contributed by atoms with van der Waals surface area (Å²) in [5.41, 5.74) is 6.06. The van der Waals surface area contributed by atoms with Crippen LogP contribution in [0.3, 0.4) is 0 Å². The highest BCUT2D eigenvalue weighted by molar-refractivity contribution is 5.28. The molecule has 0 aliphatic rings. The van der Waals surface area contributed by atoms with Gasteiger partial charge >= 0.3 is 0 Å². The Morgan fingerprint density at radius 3 is 2.38 bits per heavy atom. The van der Waals surface area contributed by atoms with Gasteiger partial charge in [0.15, 0.2) is 0 Å². The predicted molar refractivity (Wildman–Crippen MR) is 56.6 cm³/mol. The Balaban J connectivity index is 2.44. The summed E-state index contributed by atoms with van der Waals surface area (Å²) in [5.74, 6) is -0.988. The van der Waals surface area contributed by atoms with Crippen molar-refractivity contribution in [2.24, 2.45) is 5.73 Å². The smallest absolute Gasteiger partial charge is 0.146 e. The van der Waals surface area contributed by atoms with Gasteiger partial charge in [0.2, 0.25) is 0 Å². The average molecular weight is 220 g/mol. The molecule has 2 nitrogen and oxygen atoms in total. The van der Waals surface area contributed by atoms with E-state index in [4.69, 9.17) is 5.73 Å². The van der Waals surface area contributed by atoms with Crippen molar-refractivity contribution in [3.8, 4) is 0 Å². The maximum atomic E-state index is 13.4. The summed E-state index contributed by atoms with van der Waals surface area (Å²) in [6.07, 6.45) is 1.43.